The molecule has 2 N–H and O–H groups in total. The zero-order valence-electron chi connectivity index (χ0n) is 18.5. The molecule has 0 unspecified atom stereocenters. The molecule has 3 amide bonds. The van der Waals surface area contributed by atoms with E-state index in [2.05, 4.69) is 15.5 Å². The maximum atomic E-state index is 13.1. The van der Waals surface area contributed by atoms with E-state index in [0.29, 0.717) is 43.1 Å². The molecule has 34 heavy (non-hydrogen) atoms. The summed E-state index contributed by atoms with van der Waals surface area (Å²) in [6.07, 6.45) is 0.267. The van der Waals surface area contributed by atoms with E-state index in [1.807, 2.05) is 35.2 Å². The lowest BCUT2D eigenvalue weighted by Gasteiger charge is -2.36. The van der Waals surface area contributed by atoms with E-state index in [1.165, 1.54) is 12.1 Å². The highest BCUT2D eigenvalue weighted by Crippen LogP contribution is 2.20. The molecule has 1 heterocycles. The van der Waals surface area contributed by atoms with Gasteiger partial charge < -0.3 is 20.4 Å². The summed E-state index contributed by atoms with van der Waals surface area (Å²) < 4.78 is 13.1. The van der Waals surface area contributed by atoms with Crippen LogP contribution >= 0.6 is 0 Å². The highest BCUT2D eigenvalue weighted by Gasteiger charge is 2.21. The standard InChI is InChI=1S/C26H24FN5O2/c27-21-6-4-19(5-7-21)17-25(33)32-14-12-31(13-15-32)24-10-8-22(9-11-24)29-26(34)30-23-3-1-2-20(16-23)18-28/h1-11,16H,12-15,17H2,(H2,29,30,34). The first-order chi connectivity index (χ1) is 16.5. The number of carbonyl (C=O) groups excluding carboxylic acids is 2. The van der Waals surface area contributed by atoms with Crippen molar-refractivity contribution in [2.45, 2.75) is 6.42 Å². The van der Waals surface area contributed by atoms with E-state index in [-0.39, 0.29) is 18.1 Å². The molecule has 0 aromatic heterocycles. The molecule has 1 aliphatic rings. The third-order valence-electron chi connectivity index (χ3n) is 5.64. The van der Waals surface area contributed by atoms with Gasteiger partial charge in [0.1, 0.15) is 5.82 Å². The summed E-state index contributed by atoms with van der Waals surface area (Å²) in [5, 5.41) is 14.5. The van der Waals surface area contributed by atoms with Crippen molar-refractivity contribution in [2.24, 2.45) is 0 Å². The van der Waals surface area contributed by atoms with Gasteiger partial charge in [0, 0.05) is 43.2 Å². The third kappa shape index (κ3) is 5.90. The molecule has 0 aliphatic carbocycles. The maximum Gasteiger partial charge on any atom is 0.323 e. The van der Waals surface area contributed by atoms with Crippen molar-refractivity contribution >= 4 is 29.0 Å². The largest absolute Gasteiger partial charge is 0.368 e. The lowest BCUT2D eigenvalue weighted by atomic mass is 10.1. The quantitative estimate of drug-likeness (QED) is 0.600. The Bertz CT molecular complexity index is 1200. The second-order valence-electron chi connectivity index (χ2n) is 7.99. The van der Waals surface area contributed by atoms with Crippen LogP contribution in [-0.4, -0.2) is 43.0 Å². The number of rotatable bonds is 5. The number of carbonyl (C=O) groups is 2. The molecule has 0 radical (unpaired) electrons. The van der Waals surface area contributed by atoms with E-state index < -0.39 is 6.03 Å². The number of anilines is 3. The monoisotopic (exact) mass is 457 g/mol. The molecular formula is C26H24FN5O2. The third-order valence-corrected chi connectivity index (χ3v) is 5.64. The summed E-state index contributed by atoms with van der Waals surface area (Å²) in [6.45, 7) is 2.64. The van der Waals surface area contributed by atoms with Crippen molar-refractivity contribution in [1.29, 1.82) is 5.26 Å². The average Bonchev–Trinajstić information content (AvgIpc) is 2.86. The molecule has 0 spiro atoms. The fourth-order valence-corrected chi connectivity index (χ4v) is 3.82. The average molecular weight is 458 g/mol. The molecule has 1 aliphatic heterocycles. The van der Waals surface area contributed by atoms with Crippen LogP contribution in [0.25, 0.3) is 0 Å². The van der Waals surface area contributed by atoms with Crippen LogP contribution in [0, 0.1) is 17.1 Å². The smallest absolute Gasteiger partial charge is 0.323 e. The lowest BCUT2D eigenvalue weighted by molar-refractivity contribution is -0.130. The topological polar surface area (TPSA) is 88.5 Å². The summed E-state index contributed by atoms with van der Waals surface area (Å²) in [6, 6.07) is 21.9. The van der Waals surface area contributed by atoms with Crippen LogP contribution in [0.5, 0.6) is 0 Å². The number of amides is 3. The van der Waals surface area contributed by atoms with Gasteiger partial charge in [-0.05, 0) is 60.2 Å². The minimum atomic E-state index is -0.392. The Morgan fingerprint density at radius 2 is 1.56 bits per heavy atom. The molecule has 3 aromatic rings. The highest BCUT2D eigenvalue weighted by molar-refractivity contribution is 5.99. The molecule has 0 bridgehead atoms. The molecule has 0 atom stereocenters. The minimum Gasteiger partial charge on any atom is -0.368 e. The van der Waals surface area contributed by atoms with Gasteiger partial charge in [-0.15, -0.1) is 0 Å². The van der Waals surface area contributed by atoms with Crippen molar-refractivity contribution in [2.75, 3.05) is 41.7 Å². The number of piperazine rings is 1. The zero-order chi connectivity index (χ0) is 23.9. The molecule has 1 fully saturated rings. The first-order valence-electron chi connectivity index (χ1n) is 11.0. The van der Waals surface area contributed by atoms with Gasteiger partial charge in [0.15, 0.2) is 0 Å². The van der Waals surface area contributed by atoms with Gasteiger partial charge in [0.25, 0.3) is 0 Å². The molecule has 3 aromatic carbocycles. The first-order valence-corrected chi connectivity index (χ1v) is 11.0. The van der Waals surface area contributed by atoms with Crippen molar-refractivity contribution in [3.05, 3.63) is 89.7 Å². The number of hydrogen-bond acceptors (Lipinski definition) is 4. The zero-order valence-corrected chi connectivity index (χ0v) is 18.5. The summed E-state index contributed by atoms with van der Waals surface area (Å²) in [4.78, 5) is 28.8. The number of nitriles is 1. The Morgan fingerprint density at radius 3 is 2.24 bits per heavy atom. The van der Waals surface area contributed by atoms with E-state index in [4.69, 9.17) is 5.26 Å². The number of benzene rings is 3. The van der Waals surface area contributed by atoms with Gasteiger partial charge in [-0.2, -0.15) is 5.26 Å². The maximum absolute atomic E-state index is 13.1. The van der Waals surface area contributed by atoms with Crippen LogP contribution in [0.2, 0.25) is 0 Å². The van der Waals surface area contributed by atoms with Gasteiger partial charge in [-0.3, -0.25) is 4.79 Å². The second-order valence-corrected chi connectivity index (χ2v) is 7.99. The Balaban J connectivity index is 1.26. The Labute approximate surface area is 197 Å². The number of nitrogens with one attached hydrogen (secondary N) is 2. The van der Waals surface area contributed by atoms with Gasteiger partial charge in [0.2, 0.25) is 5.91 Å². The predicted molar refractivity (Wildman–Crippen MR) is 129 cm³/mol. The summed E-state index contributed by atoms with van der Waals surface area (Å²) in [5.41, 5.74) is 3.47. The summed E-state index contributed by atoms with van der Waals surface area (Å²) in [7, 11) is 0. The van der Waals surface area contributed by atoms with Crippen LogP contribution in [0.1, 0.15) is 11.1 Å². The number of urea groups is 1. The van der Waals surface area contributed by atoms with E-state index in [1.54, 1.807) is 36.4 Å². The van der Waals surface area contributed by atoms with E-state index >= 15 is 0 Å². The van der Waals surface area contributed by atoms with Gasteiger partial charge in [-0.1, -0.05) is 18.2 Å². The number of nitrogens with zero attached hydrogens (tertiary/aromatic N) is 3. The molecule has 0 saturated carbocycles. The molecule has 8 heteroatoms. The van der Waals surface area contributed by atoms with Gasteiger partial charge >= 0.3 is 6.03 Å². The Kier molecular flexibility index (Phi) is 7.04. The van der Waals surface area contributed by atoms with Crippen LogP contribution in [0.4, 0.5) is 26.2 Å². The SMILES string of the molecule is N#Cc1cccc(NC(=O)Nc2ccc(N3CCN(C(=O)Cc4ccc(F)cc4)CC3)cc2)c1. The molecule has 1 saturated heterocycles. The fraction of sp³-hybridized carbons (Fsp3) is 0.192. The Morgan fingerprint density at radius 1 is 0.882 bits per heavy atom. The summed E-state index contributed by atoms with van der Waals surface area (Å²) in [5.74, 6) is -0.269. The van der Waals surface area contributed by atoms with Crippen molar-refractivity contribution in [1.82, 2.24) is 4.90 Å². The summed E-state index contributed by atoms with van der Waals surface area (Å²) >= 11 is 0. The van der Waals surface area contributed by atoms with Gasteiger partial charge in [0.05, 0.1) is 18.1 Å². The molecular weight excluding hydrogens is 433 g/mol. The minimum absolute atomic E-state index is 0.0390. The van der Waals surface area contributed by atoms with Crippen LogP contribution in [-0.2, 0) is 11.2 Å². The Hall–Kier alpha value is -4.38. The second kappa shape index (κ2) is 10.5. The van der Waals surface area contributed by atoms with Crippen molar-refractivity contribution < 1.29 is 14.0 Å². The fourth-order valence-electron chi connectivity index (χ4n) is 3.82. The van der Waals surface area contributed by atoms with Crippen molar-refractivity contribution in [3.8, 4) is 6.07 Å². The van der Waals surface area contributed by atoms with Crippen LogP contribution in [0.15, 0.2) is 72.8 Å². The number of hydrogen-bond donors (Lipinski definition) is 2. The predicted octanol–water partition coefficient (Wildman–Crippen LogP) is 4.23. The lowest BCUT2D eigenvalue weighted by Crippen LogP contribution is -2.49. The molecule has 172 valence electrons. The van der Waals surface area contributed by atoms with Crippen LogP contribution in [0.3, 0.4) is 0 Å². The van der Waals surface area contributed by atoms with E-state index in [9.17, 15) is 14.0 Å². The molecule has 7 nitrogen and oxygen atoms in total. The normalized spacial score (nSPS) is 13.2. The van der Waals surface area contributed by atoms with E-state index in [0.717, 1.165) is 11.3 Å². The van der Waals surface area contributed by atoms with Crippen molar-refractivity contribution in [3.63, 3.8) is 0 Å². The highest BCUT2D eigenvalue weighted by atomic mass is 19.1. The first kappa shape index (κ1) is 22.8. The number of halogens is 1. The van der Waals surface area contributed by atoms with Crippen LogP contribution < -0.4 is 15.5 Å². The molecule has 4 rings (SSSR count). The van der Waals surface area contributed by atoms with Gasteiger partial charge in [-0.25, -0.2) is 9.18 Å².